The van der Waals surface area contributed by atoms with Crippen molar-refractivity contribution >= 4 is 41.0 Å². The van der Waals surface area contributed by atoms with Gasteiger partial charge in [0, 0.05) is 66.3 Å². The van der Waals surface area contributed by atoms with Crippen LogP contribution in [0.3, 0.4) is 0 Å². The molecule has 15 nitrogen and oxygen atoms in total. The van der Waals surface area contributed by atoms with Gasteiger partial charge in [0.25, 0.3) is 5.91 Å². The first-order chi connectivity index (χ1) is 31.2. The van der Waals surface area contributed by atoms with E-state index >= 15 is 0 Å². The number of pyridine rings is 1. The van der Waals surface area contributed by atoms with E-state index in [1.54, 1.807) is 60.8 Å². The smallest absolute Gasteiger partial charge is 0.251 e. The third kappa shape index (κ3) is 11.3. The highest BCUT2D eigenvalue weighted by molar-refractivity contribution is 6.31. The number of halogens is 1. The molecule has 2 aliphatic rings. The number of amides is 4. The number of anilines is 1. The van der Waals surface area contributed by atoms with E-state index < -0.39 is 52.2 Å². The first kappa shape index (κ1) is 48.9. The summed E-state index contributed by atoms with van der Waals surface area (Å²) in [5.74, 6) is -0.429. The molecule has 4 amide bonds. The lowest BCUT2D eigenvalue weighted by Gasteiger charge is -2.63. The summed E-state index contributed by atoms with van der Waals surface area (Å²) in [6.45, 7) is 14.0. The molecule has 2 heterocycles. The van der Waals surface area contributed by atoms with Crippen LogP contribution in [0.25, 0.3) is 11.1 Å². The largest absolute Gasteiger partial charge is 0.489 e. The Morgan fingerprint density at radius 2 is 1.62 bits per heavy atom. The summed E-state index contributed by atoms with van der Waals surface area (Å²) in [5, 5.41) is 41.1. The maximum absolute atomic E-state index is 13.9. The van der Waals surface area contributed by atoms with E-state index in [9.17, 15) is 29.5 Å². The minimum atomic E-state index is -0.994. The monoisotopic (exact) mass is 916 g/mol. The summed E-state index contributed by atoms with van der Waals surface area (Å²) in [6.07, 6.45) is 0.665. The van der Waals surface area contributed by atoms with Crippen molar-refractivity contribution in [3.05, 3.63) is 112 Å². The maximum Gasteiger partial charge on any atom is 0.251 e. The van der Waals surface area contributed by atoms with Gasteiger partial charge in [0.2, 0.25) is 17.7 Å². The topological polar surface area (TPSA) is 219 Å². The normalized spacial score (nSPS) is 19.8. The van der Waals surface area contributed by atoms with Crippen molar-refractivity contribution in [1.29, 1.82) is 10.5 Å². The molecule has 3 atom stereocenters. The number of carbonyl (C=O) groups excluding carboxylic acids is 4. The molecular weight excluding hydrogens is 860 g/mol. The number of hydrogen-bond acceptors (Lipinski definition) is 11. The van der Waals surface area contributed by atoms with E-state index in [0.717, 1.165) is 16.7 Å². The van der Waals surface area contributed by atoms with Crippen molar-refractivity contribution in [2.75, 3.05) is 31.6 Å². The van der Waals surface area contributed by atoms with Gasteiger partial charge in [-0.05, 0) is 65.1 Å². The molecule has 346 valence electrons. The van der Waals surface area contributed by atoms with E-state index in [0.29, 0.717) is 39.8 Å². The fourth-order valence-corrected chi connectivity index (χ4v) is 9.25. The highest BCUT2D eigenvalue weighted by Gasteiger charge is 2.64. The lowest BCUT2D eigenvalue weighted by Crippen LogP contribution is -2.74. The zero-order valence-corrected chi connectivity index (χ0v) is 39.0. The molecule has 0 bridgehead atoms. The second-order valence-corrected chi connectivity index (χ2v) is 19.5. The fraction of sp³-hybridized carbons (Fsp3) is 0.420. The van der Waals surface area contributed by atoms with Crippen LogP contribution >= 0.6 is 11.6 Å². The highest BCUT2D eigenvalue weighted by Crippen LogP contribution is 2.55. The van der Waals surface area contributed by atoms with Crippen molar-refractivity contribution < 1.29 is 33.8 Å². The van der Waals surface area contributed by atoms with Gasteiger partial charge in [0.15, 0.2) is 0 Å². The standard InChI is InChI=1S/C50H57ClN8O7/c1-48(2,3)42(45(64)59-28-36(60)22-39(59)44(63)56-26-31-10-8-30(24-52)9-11-31)57-41(61)29-65-21-20-54-40-19-17-35(27-55-40)32-12-14-33(15-13-32)43(62)58-46-49(4,5)47(50(46,6)7)66-37-18-16-34(25-53)38(51)23-37/h8-19,23,27,36,39,42,46-47,60H,20-22,26,28-29H2,1-7H3,(H,54,55)(H,56,63)(H,57,61)(H,58,62)/t36-,39+,42-,46-,47-/m1/s1. The molecular formula is C50H57ClN8O7. The molecule has 66 heavy (non-hydrogen) atoms. The molecule has 16 heteroatoms. The van der Waals surface area contributed by atoms with Crippen LogP contribution in [0.1, 0.15) is 81.9 Å². The summed E-state index contributed by atoms with van der Waals surface area (Å²) in [4.78, 5) is 59.5. The van der Waals surface area contributed by atoms with Crippen molar-refractivity contribution in [2.45, 2.75) is 91.8 Å². The molecule has 1 saturated heterocycles. The predicted molar refractivity (Wildman–Crippen MR) is 249 cm³/mol. The van der Waals surface area contributed by atoms with Gasteiger partial charge in [-0.1, -0.05) is 84.3 Å². The summed E-state index contributed by atoms with van der Waals surface area (Å²) in [6, 6.07) is 24.8. The average Bonchev–Trinajstić information content (AvgIpc) is 3.69. The number of rotatable bonds is 16. The molecule has 1 aromatic heterocycles. The van der Waals surface area contributed by atoms with Crippen LogP contribution in [-0.2, 0) is 25.7 Å². The Labute approximate surface area is 390 Å². The van der Waals surface area contributed by atoms with Gasteiger partial charge < -0.3 is 40.7 Å². The lowest BCUT2D eigenvalue weighted by atomic mass is 9.49. The second-order valence-electron chi connectivity index (χ2n) is 19.1. The first-order valence-corrected chi connectivity index (χ1v) is 22.2. The van der Waals surface area contributed by atoms with E-state index in [-0.39, 0.29) is 50.8 Å². The molecule has 1 aliphatic carbocycles. The summed E-state index contributed by atoms with van der Waals surface area (Å²) in [7, 11) is 0. The summed E-state index contributed by atoms with van der Waals surface area (Å²) in [5.41, 5.74) is 2.38. The molecule has 1 aliphatic heterocycles. The van der Waals surface area contributed by atoms with Crippen LogP contribution in [0.15, 0.2) is 85.1 Å². The number of nitrogens with zero attached hydrogens (tertiary/aromatic N) is 4. The zero-order valence-electron chi connectivity index (χ0n) is 38.3. The van der Waals surface area contributed by atoms with Gasteiger partial charge in [-0.15, -0.1) is 0 Å². The van der Waals surface area contributed by atoms with Crippen molar-refractivity contribution in [2.24, 2.45) is 16.2 Å². The molecule has 3 aromatic carbocycles. The van der Waals surface area contributed by atoms with Gasteiger partial charge in [-0.25, -0.2) is 4.98 Å². The number of carbonyl (C=O) groups is 4. The van der Waals surface area contributed by atoms with Crippen LogP contribution in [0, 0.1) is 38.9 Å². The Hall–Kier alpha value is -6.52. The Kier molecular flexibility index (Phi) is 15.1. The number of hydrogen-bond donors (Lipinski definition) is 5. The lowest BCUT2D eigenvalue weighted by molar-refractivity contribution is -0.164. The van der Waals surface area contributed by atoms with E-state index in [4.69, 9.17) is 26.3 Å². The van der Waals surface area contributed by atoms with Gasteiger partial charge >= 0.3 is 0 Å². The molecule has 0 unspecified atom stereocenters. The summed E-state index contributed by atoms with van der Waals surface area (Å²) < 4.78 is 12.0. The van der Waals surface area contributed by atoms with Crippen LogP contribution in [-0.4, -0.2) is 95.3 Å². The van der Waals surface area contributed by atoms with E-state index in [1.165, 1.54) is 4.90 Å². The van der Waals surface area contributed by atoms with Crippen molar-refractivity contribution in [3.8, 4) is 29.0 Å². The second kappa shape index (κ2) is 20.3. The minimum Gasteiger partial charge on any atom is -0.489 e. The Balaban J connectivity index is 0.936. The van der Waals surface area contributed by atoms with Gasteiger partial charge in [0.1, 0.15) is 42.4 Å². The van der Waals surface area contributed by atoms with Crippen LogP contribution in [0.5, 0.6) is 5.75 Å². The van der Waals surface area contributed by atoms with Crippen LogP contribution in [0.2, 0.25) is 5.02 Å². The minimum absolute atomic E-state index is 0.0460. The number of aliphatic hydroxyl groups excluding tert-OH is 1. The van der Waals surface area contributed by atoms with Gasteiger partial charge in [0.05, 0.1) is 34.9 Å². The van der Waals surface area contributed by atoms with Crippen LogP contribution in [0.4, 0.5) is 5.82 Å². The fourth-order valence-electron chi connectivity index (χ4n) is 9.04. The maximum atomic E-state index is 13.9. The number of ether oxygens (including phenoxy) is 2. The predicted octanol–water partition coefficient (Wildman–Crippen LogP) is 5.99. The quantitative estimate of drug-likeness (QED) is 0.0822. The number of likely N-dealkylation sites (tertiary alicyclic amines) is 1. The molecule has 6 rings (SSSR count). The Morgan fingerprint density at radius 3 is 2.23 bits per heavy atom. The molecule has 4 aromatic rings. The van der Waals surface area contributed by atoms with Crippen LogP contribution < -0.4 is 26.0 Å². The molecule has 1 saturated carbocycles. The average molecular weight is 918 g/mol. The number of benzene rings is 3. The zero-order chi connectivity index (χ0) is 48.0. The van der Waals surface area contributed by atoms with E-state index in [2.05, 4.69) is 66.1 Å². The number of nitriles is 2. The Bertz CT molecular complexity index is 2480. The molecule has 5 N–H and O–H groups in total. The number of β-amino-alcohol motifs (C(OH)–C–C–N with tert-alkyl or cyclic N) is 1. The summed E-state index contributed by atoms with van der Waals surface area (Å²) >= 11 is 6.24. The third-order valence-electron chi connectivity index (χ3n) is 12.3. The number of aromatic nitrogens is 1. The first-order valence-electron chi connectivity index (χ1n) is 21.8. The SMILES string of the molecule is CC(C)(C)[C@H](NC(=O)COCCNc1ccc(-c2ccc(C(=O)N[C@H]3C(C)(C)[C@H](Oc4ccc(C#N)c(Cl)c4)C3(C)C)cc2)cn1)C(=O)N1C[C@H](O)C[C@H]1C(=O)NCc1ccc(C#N)cc1. The van der Waals surface area contributed by atoms with Gasteiger partial charge in [-0.3, -0.25) is 19.2 Å². The van der Waals surface area contributed by atoms with Crippen molar-refractivity contribution in [3.63, 3.8) is 0 Å². The van der Waals surface area contributed by atoms with Gasteiger partial charge in [-0.2, -0.15) is 10.5 Å². The van der Waals surface area contributed by atoms with E-state index in [1.807, 2.05) is 45.0 Å². The molecule has 0 radical (unpaired) electrons. The molecule has 2 fully saturated rings. The van der Waals surface area contributed by atoms with Crippen molar-refractivity contribution in [1.82, 2.24) is 25.8 Å². The third-order valence-corrected chi connectivity index (χ3v) is 12.6. The molecule has 0 spiro atoms. The highest BCUT2D eigenvalue weighted by atomic mass is 35.5. The number of aliphatic hydroxyl groups is 1. The number of nitrogens with one attached hydrogen (secondary N) is 4. The Morgan fingerprint density at radius 1 is 0.939 bits per heavy atom.